The van der Waals surface area contributed by atoms with Gasteiger partial charge >= 0.3 is 0 Å². The summed E-state index contributed by atoms with van der Waals surface area (Å²) >= 11 is 0. The van der Waals surface area contributed by atoms with Crippen molar-refractivity contribution in [2.75, 3.05) is 24.3 Å². The van der Waals surface area contributed by atoms with Gasteiger partial charge in [0.15, 0.2) is 5.82 Å². The minimum atomic E-state index is -0.365. The third kappa shape index (κ3) is 2.45. The first kappa shape index (κ1) is 12.0. The Morgan fingerprint density at radius 3 is 2.83 bits per heavy atom. The molecule has 0 aliphatic rings. The van der Waals surface area contributed by atoms with Crippen molar-refractivity contribution in [2.24, 2.45) is 0 Å². The summed E-state index contributed by atoms with van der Waals surface area (Å²) < 4.78 is 0. The number of hydrogen-bond donors (Lipinski definition) is 2. The number of anilines is 2. The minimum Gasteiger partial charge on any atom is -0.361 e. The van der Waals surface area contributed by atoms with Crippen molar-refractivity contribution in [3.8, 4) is 0 Å². The molecule has 18 heavy (non-hydrogen) atoms. The van der Waals surface area contributed by atoms with E-state index in [4.69, 9.17) is 0 Å². The molecular weight excluding hydrogens is 232 g/mol. The van der Waals surface area contributed by atoms with Crippen LogP contribution in [0.15, 0.2) is 18.3 Å². The van der Waals surface area contributed by atoms with Gasteiger partial charge in [-0.1, -0.05) is 0 Å². The number of pyridine rings is 1. The van der Waals surface area contributed by atoms with E-state index >= 15 is 0 Å². The number of amides is 1. The Bertz CT molecular complexity index is 562. The van der Waals surface area contributed by atoms with Crippen molar-refractivity contribution >= 4 is 17.4 Å². The molecule has 0 atom stereocenters. The smallest absolute Gasteiger partial charge is 0.295 e. The lowest BCUT2D eigenvalue weighted by atomic mass is 10.3. The van der Waals surface area contributed by atoms with Gasteiger partial charge in [0.1, 0.15) is 5.82 Å². The summed E-state index contributed by atoms with van der Waals surface area (Å²) in [6, 6.07) is 3.53. The SMILES string of the molecule is Cc1nc(C(=O)Nc2cccnc2N(C)C)n[nH]1. The Morgan fingerprint density at radius 2 is 2.22 bits per heavy atom. The van der Waals surface area contributed by atoms with Gasteiger partial charge in [-0.3, -0.25) is 9.89 Å². The number of H-pyrrole nitrogens is 1. The molecule has 0 aromatic carbocycles. The zero-order chi connectivity index (χ0) is 13.1. The number of aromatic nitrogens is 4. The van der Waals surface area contributed by atoms with Crippen molar-refractivity contribution in [2.45, 2.75) is 6.92 Å². The quantitative estimate of drug-likeness (QED) is 0.837. The second kappa shape index (κ2) is 4.82. The first-order valence-electron chi connectivity index (χ1n) is 5.40. The van der Waals surface area contributed by atoms with E-state index in [0.29, 0.717) is 17.3 Å². The predicted molar refractivity (Wildman–Crippen MR) is 67.6 cm³/mol. The van der Waals surface area contributed by atoms with Gasteiger partial charge in [-0.15, -0.1) is 5.10 Å². The Balaban J connectivity index is 2.22. The molecule has 0 saturated heterocycles. The van der Waals surface area contributed by atoms with Gasteiger partial charge in [-0.05, 0) is 19.1 Å². The molecule has 0 bridgehead atoms. The Kier molecular flexibility index (Phi) is 3.22. The molecule has 0 aliphatic heterocycles. The fraction of sp³-hybridized carbons (Fsp3) is 0.273. The topological polar surface area (TPSA) is 86.8 Å². The molecule has 7 heteroatoms. The molecule has 2 rings (SSSR count). The van der Waals surface area contributed by atoms with E-state index < -0.39 is 0 Å². The van der Waals surface area contributed by atoms with E-state index in [1.54, 1.807) is 25.3 Å². The molecule has 0 unspecified atom stereocenters. The summed E-state index contributed by atoms with van der Waals surface area (Å²) in [4.78, 5) is 21.9. The second-order valence-corrected chi connectivity index (χ2v) is 3.97. The molecule has 2 N–H and O–H groups in total. The van der Waals surface area contributed by atoms with Crippen molar-refractivity contribution in [3.05, 3.63) is 30.0 Å². The van der Waals surface area contributed by atoms with Crippen LogP contribution in [0.3, 0.4) is 0 Å². The van der Waals surface area contributed by atoms with E-state index in [2.05, 4.69) is 25.5 Å². The molecule has 2 heterocycles. The van der Waals surface area contributed by atoms with Crippen LogP contribution in [0.2, 0.25) is 0 Å². The summed E-state index contributed by atoms with van der Waals surface area (Å²) in [7, 11) is 3.71. The van der Waals surface area contributed by atoms with Crippen molar-refractivity contribution in [1.82, 2.24) is 20.2 Å². The molecule has 0 spiro atoms. The lowest BCUT2D eigenvalue weighted by Crippen LogP contribution is -2.18. The molecular formula is C11H14N6O. The molecule has 0 saturated carbocycles. The molecule has 7 nitrogen and oxygen atoms in total. The summed E-state index contributed by atoms with van der Waals surface area (Å²) in [6.45, 7) is 1.74. The molecule has 2 aromatic rings. The van der Waals surface area contributed by atoms with Gasteiger partial charge in [-0.2, -0.15) is 0 Å². The Hall–Kier alpha value is -2.44. The molecule has 0 aliphatic carbocycles. The summed E-state index contributed by atoms with van der Waals surface area (Å²) in [5.41, 5.74) is 0.620. The molecule has 94 valence electrons. The van der Waals surface area contributed by atoms with Crippen LogP contribution in [0.5, 0.6) is 0 Å². The number of carbonyl (C=O) groups excluding carboxylic acids is 1. The average molecular weight is 246 g/mol. The van der Waals surface area contributed by atoms with Gasteiger partial charge in [0, 0.05) is 20.3 Å². The first-order chi connectivity index (χ1) is 8.58. The standard InChI is InChI=1S/C11H14N6O/c1-7-13-9(16-15-7)11(18)14-8-5-4-6-12-10(8)17(2)3/h4-6H,1-3H3,(H,14,18)(H,13,15,16). The number of carbonyl (C=O) groups is 1. The maximum Gasteiger partial charge on any atom is 0.295 e. The zero-order valence-corrected chi connectivity index (χ0v) is 10.4. The van der Waals surface area contributed by atoms with E-state index in [9.17, 15) is 4.79 Å². The van der Waals surface area contributed by atoms with Crippen molar-refractivity contribution < 1.29 is 4.79 Å². The largest absolute Gasteiger partial charge is 0.361 e. The second-order valence-electron chi connectivity index (χ2n) is 3.97. The maximum atomic E-state index is 11.9. The van der Waals surface area contributed by atoms with Crippen LogP contribution in [0.25, 0.3) is 0 Å². The van der Waals surface area contributed by atoms with Crippen molar-refractivity contribution in [1.29, 1.82) is 0 Å². The van der Waals surface area contributed by atoms with E-state index in [1.165, 1.54) is 0 Å². The zero-order valence-electron chi connectivity index (χ0n) is 10.4. The van der Waals surface area contributed by atoms with Crippen LogP contribution < -0.4 is 10.2 Å². The average Bonchev–Trinajstić information content (AvgIpc) is 2.76. The van der Waals surface area contributed by atoms with Gasteiger partial charge in [0.05, 0.1) is 5.69 Å². The van der Waals surface area contributed by atoms with Gasteiger partial charge in [-0.25, -0.2) is 9.97 Å². The lowest BCUT2D eigenvalue weighted by molar-refractivity contribution is 0.101. The van der Waals surface area contributed by atoms with Crippen LogP contribution in [0.4, 0.5) is 11.5 Å². The van der Waals surface area contributed by atoms with Crippen LogP contribution in [0.1, 0.15) is 16.4 Å². The van der Waals surface area contributed by atoms with Crippen LogP contribution >= 0.6 is 0 Å². The van der Waals surface area contributed by atoms with Crippen molar-refractivity contribution in [3.63, 3.8) is 0 Å². The predicted octanol–water partition coefficient (Wildman–Crippen LogP) is 0.826. The summed E-state index contributed by atoms with van der Waals surface area (Å²) in [5, 5.41) is 9.16. The lowest BCUT2D eigenvalue weighted by Gasteiger charge is -2.15. The number of aromatic amines is 1. The van der Waals surface area contributed by atoms with Gasteiger partial charge < -0.3 is 10.2 Å². The van der Waals surface area contributed by atoms with Gasteiger partial charge in [0.2, 0.25) is 5.82 Å². The van der Waals surface area contributed by atoms with Gasteiger partial charge in [0.25, 0.3) is 5.91 Å². The third-order valence-electron chi connectivity index (χ3n) is 2.26. The van der Waals surface area contributed by atoms with Crippen LogP contribution in [0, 0.1) is 6.92 Å². The minimum absolute atomic E-state index is 0.112. The first-order valence-corrected chi connectivity index (χ1v) is 5.40. The number of aryl methyl sites for hydroxylation is 1. The number of nitrogens with zero attached hydrogens (tertiary/aromatic N) is 4. The normalized spacial score (nSPS) is 10.2. The highest BCUT2D eigenvalue weighted by atomic mass is 16.2. The fourth-order valence-electron chi connectivity index (χ4n) is 1.47. The fourth-order valence-corrected chi connectivity index (χ4v) is 1.47. The molecule has 0 fully saturated rings. The highest BCUT2D eigenvalue weighted by Gasteiger charge is 2.14. The summed E-state index contributed by atoms with van der Waals surface area (Å²) in [5.74, 6) is 1.02. The monoisotopic (exact) mass is 246 g/mol. The third-order valence-corrected chi connectivity index (χ3v) is 2.26. The summed E-state index contributed by atoms with van der Waals surface area (Å²) in [6.07, 6.45) is 1.67. The molecule has 1 amide bonds. The highest BCUT2D eigenvalue weighted by molar-refractivity contribution is 6.03. The van der Waals surface area contributed by atoms with E-state index in [-0.39, 0.29) is 11.7 Å². The van der Waals surface area contributed by atoms with Crippen LogP contribution in [-0.2, 0) is 0 Å². The van der Waals surface area contributed by atoms with Crippen LogP contribution in [-0.4, -0.2) is 40.2 Å². The highest BCUT2D eigenvalue weighted by Crippen LogP contribution is 2.20. The Labute approximate surface area is 104 Å². The van der Waals surface area contributed by atoms with E-state index in [1.807, 2.05) is 19.0 Å². The Morgan fingerprint density at radius 1 is 1.44 bits per heavy atom. The molecule has 0 radical (unpaired) electrons. The number of rotatable bonds is 3. The number of hydrogen-bond acceptors (Lipinski definition) is 5. The number of nitrogens with one attached hydrogen (secondary N) is 2. The maximum absolute atomic E-state index is 11.9. The van der Waals surface area contributed by atoms with E-state index in [0.717, 1.165) is 0 Å². The molecule has 2 aromatic heterocycles.